The normalized spacial score (nSPS) is 11.3. The highest BCUT2D eigenvalue weighted by atomic mass is 35.5. The highest BCUT2D eigenvalue weighted by molar-refractivity contribution is 7.99. The lowest BCUT2D eigenvalue weighted by Crippen LogP contribution is -2.16. The van der Waals surface area contributed by atoms with Crippen molar-refractivity contribution in [3.8, 4) is 11.5 Å². The Hall–Kier alpha value is -2.92. The van der Waals surface area contributed by atoms with Crippen LogP contribution in [0.25, 0.3) is 0 Å². The van der Waals surface area contributed by atoms with Crippen molar-refractivity contribution in [3.05, 3.63) is 58.9 Å². The molecule has 12 heteroatoms. The summed E-state index contributed by atoms with van der Waals surface area (Å²) in [6.45, 7) is 0.155. The molecule has 1 amide bonds. The third-order valence-electron chi connectivity index (χ3n) is 4.25. The molecule has 0 bridgehead atoms. The van der Waals surface area contributed by atoms with Crippen molar-refractivity contribution in [1.82, 2.24) is 14.8 Å². The molecular weight excluding hydrogens is 469 g/mol. The number of hydrogen-bond acceptors (Lipinski definition) is 6. The number of ether oxygens (including phenoxy) is 2. The van der Waals surface area contributed by atoms with Crippen molar-refractivity contribution in [1.29, 1.82) is 0 Å². The van der Waals surface area contributed by atoms with Crippen LogP contribution in [0, 0.1) is 0 Å². The fourth-order valence-corrected chi connectivity index (χ4v) is 3.42. The van der Waals surface area contributed by atoms with Crippen LogP contribution in [0.5, 0.6) is 11.5 Å². The number of nitrogens with one attached hydrogen (secondary N) is 1. The van der Waals surface area contributed by atoms with Crippen LogP contribution in [0.1, 0.15) is 11.4 Å². The van der Waals surface area contributed by atoms with E-state index >= 15 is 0 Å². The van der Waals surface area contributed by atoms with Gasteiger partial charge in [-0.3, -0.25) is 4.79 Å². The van der Waals surface area contributed by atoms with Gasteiger partial charge in [0.1, 0.15) is 18.1 Å². The van der Waals surface area contributed by atoms with E-state index in [4.69, 9.17) is 21.1 Å². The molecule has 0 spiro atoms. The number of anilines is 1. The molecule has 1 N–H and O–H groups in total. The van der Waals surface area contributed by atoms with Crippen molar-refractivity contribution >= 4 is 35.0 Å². The first-order valence-corrected chi connectivity index (χ1v) is 10.5. The van der Waals surface area contributed by atoms with Gasteiger partial charge in [0.25, 0.3) is 0 Å². The minimum absolute atomic E-state index is 0.00738. The molecule has 0 saturated carbocycles. The van der Waals surface area contributed by atoms with E-state index in [-0.39, 0.29) is 23.1 Å². The standard InChI is InChI=1S/C20H18ClF3N4O3S/c1-28-17(10-31-14-6-4-13(30-2)5-7-14)26-27-19(28)32-11-18(29)25-16-9-12(20(22,23)24)3-8-15(16)21/h3-9H,10-11H2,1-2H3,(H,25,29). The number of alkyl halides is 3. The third kappa shape index (κ3) is 6.07. The Morgan fingerprint density at radius 2 is 1.84 bits per heavy atom. The maximum Gasteiger partial charge on any atom is 0.416 e. The summed E-state index contributed by atoms with van der Waals surface area (Å²) in [5.41, 5.74) is -1.02. The minimum Gasteiger partial charge on any atom is -0.497 e. The summed E-state index contributed by atoms with van der Waals surface area (Å²) >= 11 is 6.98. The highest BCUT2D eigenvalue weighted by Gasteiger charge is 2.31. The number of hydrogen-bond donors (Lipinski definition) is 1. The number of nitrogens with zero attached hydrogens (tertiary/aromatic N) is 3. The maximum atomic E-state index is 12.9. The van der Waals surface area contributed by atoms with Crippen molar-refractivity contribution in [2.75, 3.05) is 18.2 Å². The molecule has 0 fully saturated rings. The molecule has 170 valence electrons. The molecule has 0 unspecified atom stereocenters. The molecular formula is C20H18ClF3N4O3S. The smallest absolute Gasteiger partial charge is 0.416 e. The Balaban J connectivity index is 1.56. The molecule has 0 aliphatic heterocycles. The maximum absolute atomic E-state index is 12.9. The summed E-state index contributed by atoms with van der Waals surface area (Å²) in [5.74, 6) is 1.23. The van der Waals surface area contributed by atoms with Gasteiger partial charge < -0.3 is 19.4 Å². The first-order valence-electron chi connectivity index (χ1n) is 9.12. The van der Waals surface area contributed by atoms with Crippen LogP contribution in [0.4, 0.5) is 18.9 Å². The van der Waals surface area contributed by atoms with Gasteiger partial charge in [-0.1, -0.05) is 23.4 Å². The molecule has 32 heavy (non-hydrogen) atoms. The van der Waals surface area contributed by atoms with Crippen LogP contribution >= 0.6 is 23.4 Å². The van der Waals surface area contributed by atoms with Crippen LogP contribution in [-0.2, 0) is 24.6 Å². The average Bonchev–Trinajstić information content (AvgIpc) is 3.11. The summed E-state index contributed by atoms with van der Waals surface area (Å²) in [4.78, 5) is 12.2. The van der Waals surface area contributed by atoms with Gasteiger partial charge in [0.2, 0.25) is 5.91 Å². The predicted molar refractivity (Wildman–Crippen MR) is 114 cm³/mol. The van der Waals surface area contributed by atoms with Crippen LogP contribution in [0.3, 0.4) is 0 Å². The number of halogens is 4. The molecule has 0 saturated heterocycles. The van der Waals surface area contributed by atoms with Gasteiger partial charge in [0, 0.05) is 7.05 Å². The molecule has 3 rings (SSSR count). The van der Waals surface area contributed by atoms with Gasteiger partial charge in [-0.15, -0.1) is 10.2 Å². The number of amides is 1. The van der Waals surface area contributed by atoms with Crippen molar-refractivity contribution in [2.45, 2.75) is 17.9 Å². The zero-order valence-electron chi connectivity index (χ0n) is 16.9. The lowest BCUT2D eigenvalue weighted by Gasteiger charge is -2.11. The monoisotopic (exact) mass is 486 g/mol. The number of carbonyl (C=O) groups is 1. The highest BCUT2D eigenvalue weighted by Crippen LogP contribution is 2.34. The fraction of sp³-hybridized carbons (Fsp3) is 0.250. The van der Waals surface area contributed by atoms with Crippen LogP contribution < -0.4 is 14.8 Å². The van der Waals surface area contributed by atoms with E-state index in [1.54, 1.807) is 43.0 Å². The Kier molecular flexibility index (Phi) is 7.52. The van der Waals surface area contributed by atoms with Gasteiger partial charge >= 0.3 is 6.18 Å². The number of carbonyl (C=O) groups excluding carboxylic acids is 1. The van der Waals surface area contributed by atoms with E-state index in [9.17, 15) is 18.0 Å². The molecule has 0 aliphatic rings. The SMILES string of the molecule is COc1ccc(OCc2nnc(SCC(=O)Nc3cc(C(F)(F)F)ccc3Cl)n2C)cc1. The van der Waals surface area contributed by atoms with Gasteiger partial charge in [0.15, 0.2) is 11.0 Å². The molecule has 0 radical (unpaired) electrons. The molecule has 7 nitrogen and oxygen atoms in total. The van der Waals surface area contributed by atoms with Crippen LogP contribution in [0.15, 0.2) is 47.6 Å². The van der Waals surface area contributed by atoms with E-state index in [1.807, 2.05) is 0 Å². The Morgan fingerprint density at radius 3 is 2.50 bits per heavy atom. The minimum atomic E-state index is -4.54. The number of thioether (sulfide) groups is 1. The van der Waals surface area contributed by atoms with E-state index in [0.717, 1.165) is 30.0 Å². The van der Waals surface area contributed by atoms with Gasteiger partial charge in [-0.25, -0.2) is 0 Å². The first-order chi connectivity index (χ1) is 15.2. The predicted octanol–water partition coefficient (Wildman–Crippen LogP) is 4.81. The van der Waals surface area contributed by atoms with E-state index in [0.29, 0.717) is 22.5 Å². The molecule has 0 aliphatic carbocycles. The molecule has 2 aromatic carbocycles. The Bertz CT molecular complexity index is 1090. The van der Waals surface area contributed by atoms with E-state index in [1.165, 1.54) is 0 Å². The number of rotatable bonds is 8. The summed E-state index contributed by atoms with van der Waals surface area (Å²) in [5, 5.41) is 10.9. The summed E-state index contributed by atoms with van der Waals surface area (Å²) in [6.07, 6.45) is -4.54. The lowest BCUT2D eigenvalue weighted by molar-refractivity contribution is -0.137. The molecule has 0 atom stereocenters. The largest absolute Gasteiger partial charge is 0.497 e. The van der Waals surface area contributed by atoms with Crippen molar-refractivity contribution in [2.24, 2.45) is 7.05 Å². The van der Waals surface area contributed by atoms with Gasteiger partial charge in [-0.05, 0) is 42.5 Å². The van der Waals surface area contributed by atoms with Gasteiger partial charge in [-0.2, -0.15) is 13.2 Å². The topological polar surface area (TPSA) is 78.3 Å². The summed E-state index contributed by atoms with van der Waals surface area (Å²) in [6, 6.07) is 9.78. The zero-order valence-corrected chi connectivity index (χ0v) is 18.5. The van der Waals surface area contributed by atoms with Crippen LogP contribution in [-0.4, -0.2) is 33.5 Å². The number of methoxy groups -OCH3 is 1. The number of benzene rings is 2. The second kappa shape index (κ2) is 10.1. The quantitative estimate of drug-likeness (QED) is 0.461. The van der Waals surface area contributed by atoms with Crippen molar-refractivity contribution < 1.29 is 27.4 Å². The average molecular weight is 487 g/mol. The molecule has 1 heterocycles. The van der Waals surface area contributed by atoms with E-state index in [2.05, 4.69) is 15.5 Å². The Morgan fingerprint density at radius 1 is 1.16 bits per heavy atom. The summed E-state index contributed by atoms with van der Waals surface area (Å²) in [7, 11) is 3.29. The van der Waals surface area contributed by atoms with Crippen molar-refractivity contribution in [3.63, 3.8) is 0 Å². The van der Waals surface area contributed by atoms with E-state index < -0.39 is 17.6 Å². The lowest BCUT2D eigenvalue weighted by atomic mass is 10.2. The fourth-order valence-electron chi connectivity index (χ4n) is 2.53. The second-order valence-electron chi connectivity index (χ2n) is 6.45. The third-order valence-corrected chi connectivity index (χ3v) is 5.60. The first kappa shape index (κ1) is 23.7. The van der Waals surface area contributed by atoms with Crippen LogP contribution in [0.2, 0.25) is 5.02 Å². The summed E-state index contributed by atoms with van der Waals surface area (Å²) < 4.78 is 51.0. The second-order valence-corrected chi connectivity index (χ2v) is 7.80. The zero-order chi connectivity index (χ0) is 23.3. The number of aromatic nitrogens is 3. The van der Waals surface area contributed by atoms with Gasteiger partial charge in [0.05, 0.1) is 29.1 Å². The molecule has 1 aromatic heterocycles. The Labute approximate surface area is 190 Å². The molecule has 3 aromatic rings.